The number of aromatic nitrogens is 3. The van der Waals surface area contributed by atoms with E-state index in [9.17, 15) is 9.90 Å². The molecule has 0 aliphatic heterocycles. The molecule has 0 saturated heterocycles. The average Bonchev–Trinajstić information content (AvgIpc) is 3.51. The normalized spacial score (nSPS) is 14.6. The quantitative estimate of drug-likeness (QED) is 0.422. The number of rotatable bonds is 8. The maximum absolute atomic E-state index is 11.9. The lowest BCUT2D eigenvalue weighted by molar-refractivity contribution is -0.117. The summed E-state index contributed by atoms with van der Waals surface area (Å²) in [6.45, 7) is 2.52. The Morgan fingerprint density at radius 3 is 2.79 bits per heavy atom. The predicted octanol–water partition coefficient (Wildman–Crippen LogP) is 0.741. The molecule has 3 aromatic rings. The van der Waals surface area contributed by atoms with E-state index in [4.69, 9.17) is 0 Å². The summed E-state index contributed by atoms with van der Waals surface area (Å²) in [6, 6.07) is 9.63. The van der Waals surface area contributed by atoms with Gasteiger partial charge in [-0.1, -0.05) is 12.1 Å². The van der Waals surface area contributed by atoms with Gasteiger partial charge in [0.05, 0.1) is 6.61 Å². The topological polar surface area (TPSA) is 104 Å². The molecular weight excluding hydrogens is 367 g/mol. The summed E-state index contributed by atoms with van der Waals surface area (Å²) in [5.74, 6) is 1.80. The monoisotopic (exact) mass is 392 g/mol. The van der Waals surface area contributed by atoms with E-state index in [0.717, 1.165) is 41.0 Å². The Bertz CT molecular complexity index is 1020. The van der Waals surface area contributed by atoms with Crippen LogP contribution in [0.15, 0.2) is 36.5 Å². The van der Waals surface area contributed by atoms with Crippen LogP contribution in [-0.4, -0.2) is 46.1 Å². The minimum Gasteiger partial charge on any atom is -0.394 e. The Balaban J connectivity index is 1.47. The van der Waals surface area contributed by atoms with Crippen LogP contribution in [0.2, 0.25) is 0 Å². The van der Waals surface area contributed by atoms with Crippen LogP contribution >= 0.6 is 0 Å². The minimum atomic E-state index is -0.0978. The van der Waals surface area contributed by atoms with E-state index in [1.807, 2.05) is 45.1 Å². The van der Waals surface area contributed by atoms with Crippen molar-refractivity contribution < 1.29 is 9.90 Å². The third-order valence-electron chi connectivity index (χ3n) is 4.96. The molecule has 1 aliphatic carbocycles. The highest BCUT2D eigenvalue weighted by Gasteiger charge is 2.29. The maximum Gasteiger partial charge on any atom is 0.227 e. The number of benzene rings is 1. The van der Waals surface area contributed by atoms with E-state index in [0.29, 0.717) is 12.4 Å². The van der Waals surface area contributed by atoms with Crippen LogP contribution in [0.4, 0.5) is 17.3 Å². The van der Waals surface area contributed by atoms with E-state index in [1.165, 1.54) is 0 Å². The van der Waals surface area contributed by atoms with Crippen molar-refractivity contribution in [2.75, 3.05) is 22.6 Å². The van der Waals surface area contributed by atoms with Gasteiger partial charge < -0.3 is 21.1 Å². The second-order valence-electron chi connectivity index (χ2n) is 7.63. The summed E-state index contributed by atoms with van der Waals surface area (Å²) in [5.41, 5.74) is 3.65. The summed E-state index contributed by atoms with van der Waals surface area (Å²) >= 11 is 0. The Hall–Kier alpha value is -3.07. The zero-order valence-corrected chi connectivity index (χ0v) is 16.6. The molecule has 1 atom stereocenters. The lowest BCUT2D eigenvalue weighted by Crippen LogP contribution is -2.21. The van der Waals surface area contributed by atoms with Gasteiger partial charge in [-0.3, -0.25) is 4.79 Å². The fourth-order valence-corrected chi connectivity index (χ4v) is 3.06. The van der Waals surface area contributed by atoms with Crippen molar-refractivity contribution in [2.45, 2.75) is 32.4 Å². The molecule has 1 aliphatic rings. The molecule has 4 N–H and O–H groups in total. The maximum atomic E-state index is 11.9. The Kier molecular flexibility index (Phi) is 5.39. The number of nitrogens with one attached hydrogen (secondary N) is 3. The number of carbonyl (C=O) groups excluding carboxylic acids is 1. The number of hydrogen-bond donors (Lipinski definition) is 4. The van der Waals surface area contributed by atoms with Crippen LogP contribution in [-0.2, 0) is 11.3 Å². The SMILES string of the molecule is Bc1cnn2c(NCc3ccc(NC(=O)C4CC4)cc3)cc(N[C@@H](C)CO)nc12. The Morgan fingerprint density at radius 1 is 1.34 bits per heavy atom. The van der Waals surface area contributed by atoms with Crippen LogP contribution < -0.4 is 21.4 Å². The number of carbonyl (C=O) groups is 1. The van der Waals surface area contributed by atoms with Gasteiger partial charge in [0.1, 0.15) is 19.5 Å². The highest BCUT2D eigenvalue weighted by Crippen LogP contribution is 2.30. The summed E-state index contributed by atoms with van der Waals surface area (Å²) in [6.07, 6.45) is 3.77. The third-order valence-corrected chi connectivity index (χ3v) is 4.96. The van der Waals surface area contributed by atoms with Gasteiger partial charge in [0.15, 0.2) is 5.65 Å². The molecule has 1 saturated carbocycles. The van der Waals surface area contributed by atoms with Crippen LogP contribution in [0.25, 0.3) is 5.65 Å². The van der Waals surface area contributed by atoms with Gasteiger partial charge in [-0.2, -0.15) is 9.61 Å². The van der Waals surface area contributed by atoms with Crippen molar-refractivity contribution in [3.63, 3.8) is 0 Å². The number of aliphatic hydroxyl groups excluding tert-OH is 1. The standard InChI is InChI=1S/C20H25BN6O2/c1-12(11-28)24-17-8-18(27-19(26-17)16(21)10-23-27)22-9-13-2-6-15(7-3-13)25-20(29)14-4-5-14/h2-3,6-8,10,12,14,22,28H,4-5,9,11,21H2,1H3,(H,24,26)(H,25,29)/t12-/m0/s1. The molecular formula is C20H25BN6O2. The fourth-order valence-electron chi connectivity index (χ4n) is 3.06. The van der Waals surface area contributed by atoms with Gasteiger partial charge in [0.2, 0.25) is 5.91 Å². The van der Waals surface area contributed by atoms with Crippen LogP contribution in [0.1, 0.15) is 25.3 Å². The third kappa shape index (κ3) is 4.51. The first-order valence-electron chi connectivity index (χ1n) is 9.90. The van der Waals surface area contributed by atoms with Gasteiger partial charge in [-0.25, -0.2) is 4.98 Å². The van der Waals surface area contributed by atoms with E-state index in [-0.39, 0.29) is 24.5 Å². The molecule has 2 heterocycles. The zero-order valence-electron chi connectivity index (χ0n) is 16.6. The molecule has 8 nitrogen and oxygen atoms in total. The first kappa shape index (κ1) is 19.3. The molecule has 2 aromatic heterocycles. The van der Waals surface area contributed by atoms with E-state index in [1.54, 1.807) is 10.7 Å². The molecule has 9 heteroatoms. The van der Waals surface area contributed by atoms with Gasteiger partial charge in [0, 0.05) is 36.5 Å². The van der Waals surface area contributed by atoms with Crippen LogP contribution in [0.5, 0.6) is 0 Å². The molecule has 0 radical (unpaired) electrons. The Morgan fingerprint density at radius 2 is 2.10 bits per heavy atom. The summed E-state index contributed by atoms with van der Waals surface area (Å²) in [4.78, 5) is 16.5. The van der Waals surface area contributed by atoms with Crippen molar-refractivity contribution in [1.29, 1.82) is 0 Å². The van der Waals surface area contributed by atoms with Gasteiger partial charge in [-0.05, 0) is 42.9 Å². The lowest BCUT2D eigenvalue weighted by atomic mass is 10.0. The van der Waals surface area contributed by atoms with Crippen LogP contribution in [0.3, 0.4) is 0 Å². The predicted molar refractivity (Wildman–Crippen MR) is 116 cm³/mol. The van der Waals surface area contributed by atoms with Crippen molar-refractivity contribution in [1.82, 2.24) is 14.6 Å². The van der Waals surface area contributed by atoms with Crippen molar-refractivity contribution in [2.24, 2.45) is 5.92 Å². The number of hydrogen-bond acceptors (Lipinski definition) is 6. The molecule has 1 fully saturated rings. The number of nitrogens with zero attached hydrogens (tertiary/aromatic N) is 3. The van der Waals surface area contributed by atoms with Gasteiger partial charge in [-0.15, -0.1) is 0 Å². The number of anilines is 3. The first-order valence-corrected chi connectivity index (χ1v) is 9.90. The number of amides is 1. The highest BCUT2D eigenvalue weighted by molar-refractivity contribution is 6.36. The molecule has 150 valence electrons. The lowest BCUT2D eigenvalue weighted by Gasteiger charge is -2.15. The molecule has 0 bridgehead atoms. The molecule has 0 unspecified atom stereocenters. The second kappa shape index (κ2) is 8.12. The van der Waals surface area contributed by atoms with E-state index < -0.39 is 0 Å². The van der Waals surface area contributed by atoms with Crippen LogP contribution in [0, 0.1) is 5.92 Å². The first-order chi connectivity index (χ1) is 14.0. The van der Waals surface area contributed by atoms with E-state index >= 15 is 0 Å². The van der Waals surface area contributed by atoms with Gasteiger partial charge >= 0.3 is 0 Å². The second-order valence-corrected chi connectivity index (χ2v) is 7.63. The van der Waals surface area contributed by atoms with Crippen molar-refractivity contribution in [3.05, 3.63) is 42.1 Å². The van der Waals surface area contributed by atoms with Crippen molar-refractivity contribution >= 4 is 42.2 Å². The molecule has 1 aromatic carbocycles. The highest BCUT2D eigenvalue weighted by atomic mass is 16.3. The largest absolute Gasteiger partial charge is 0.394 e. The number of fused-ring (bicyclic) bond motifs is 1. The van der Waals surface area contributed by atoms with E-state index in [2.05, 4.69) is 26.0 Å². The summed E-state index contributed by atoms with van der Waals surface area (Å²) in [5, 5.41) is 23.3. The fraction of sp³-hybridized carbons (Fsp3) is 0.350. The molecule has 1 amide bonds. The van der Waals surface area contributed by atoms with Crippen molar-refractivity contribution in [3.8, 4) is 0 Å². The zero-order chi connectivity index (χ0) is 20.4. The smallest absolute Gasteiger partial charge is 0.227 e. The molecule has 0 spiro atoms. The van der Waals surface area contributed by atoms with Gasteiger partial charge in [0.25, 0.3) is 0 Å². The molecule has 29 heavy (non-hydrogen) atoms. The molecule has 4 rings (SSSR count). The minimum absolute atomic E-state index is 0.0253. The summed E-state index contributed by atoms with van der Waals surface area (Å²) in [7, 11) is 1.97. The summed E-state index contributed by atoms with van der Waals surface area (Å²) < 4.78 is 1.77. The Labute approximate surface area is 170 Å². The average molecular weight is 392 g/mol. The number of aliphatic hydroxyl groups is 1.